The van der Waals surface area contributed by atoms with Crippen LogP contribution in [0.3, 0.4) is 0 Å². The summed E-state index contributed by atoms with van der Waals surface area (Å²) in [5, 5.41) is 2.20. The number of thiophene rings is 1. The monoisotopic (exact) mass is 294 g/mol. The summed E-state index contributed by atoms with van der Waals surface area (Å²) in [5.74, 6) is -1.07. The van der Waals surface area contributed by atoms with Crippen LogP contribution in [0.5, 0.6) is 0 Å². The molecule has 3 amide bonds. The topological polar surface area (TPSA) is 66.5 Å². The van der Waals surface area contributed by atoms with E-state index in [9.17, 15) is 14.4 Å². The maximum Gasteiger partial charge on any atom is 0.264 e. The lowest BCUT2D eigenvalue weighted by Crippen LogP contribution is -2.53. The van der Waals surface area contributed by atoms with E-state index in [0.717, 1.165) is 19.3 Å². The van der Waals surface area contributed by atoms with Crippen molar-refractivity contribution >= 4 is 29.1 Å². The van der Waals surface area contributed by atoms with Gasteiger partial charge in [-0.1, -0.05) is 20.3 Å². The first-order valence-corrected chi connectivity index (χ1v) is 7.60. The van der Waals surface area contributed by atoms with Gasteiger partial charge in [0.25, 0.3) is 5.91 Å². The standard InChI is InChI=1S/C14H18N2O3S/c1-3-5-10-9(4-2)6-11(20-10)14(19)16-7-12(17)15-13(18)8-16/h6H,3-5,7-8H2,1-2H3,(H,15,17,18). The SMILES string of the molecule is CCCc1sc(C(=O)N2CC(=O)NC(=O)C2)cc1CC. The molecule has 2 heterocycles. The molecule has 6 heteroatoms. The number of carbonyl (C=O) groups excluding carboxylic acids is 3. The molecular weight excluding hydrogens is 276 g/mol. The number of amides is 3. The maximum atomic E-state index is 12.4. The number of hydrogen-bond donors (Lipinski definition) is 1. The molecular formula is C14H18N2O3S. The van der Waals surface area contributed by atoms with Crippen LogP contribution in [0.2, 0.25) is 0 Å². The van der Waals surface area contributed by atoms with E-state index in [1.807, 2.05) is 6.07 Å². The van der Waals surface area contributed by atoms with Crippen LogP contribution in [0, 0.1) is 0 Å². The van der Waals surface area contributed by atoms with Gasteiger partial charge in [-0.25, -0.2) is 0 Å². The summed E-state index contributed by atoms with van der Waals surface area (Å²) in [6.45, 7) is 4.07. The largest absolute Gasteiger partial charge is 0.319 e. The Morgan fingerprint density at radius 1 is 1.30 bits per heavy atom. The third-order valence-electron chi connectivity index (χ3n) is 3.20. The number of hydrogen-bond acceptors (Lipinski definition) is 4. The Balaban J connectivity index is 2.20. The van der Waals surface area contributed by atoms with Gasteiger partial charge in [0.15, 0.2) is 0 Å². The van der Waals surface area contributed by atoms with Gasteiger partial charge in [0.05, 0.1) is 4.88 Å². The molecule has 1 aliphatic heterocycles. The van der Waals surface area contributed by atoms with Crippen molar-refractivity contribution in [3.05, 3.63) is 21.4 Å². The van der Waals surface area contributed by atoms with E-state index in [-0.39, 0.29) is 19.0 Å². The molecule has 1 N–H and O–H groups in total. The highest BCUT2D eigenvalue weighted by Crippen LogP contribution is 2.26. The Bertz CT molecular complexity index is 535. The molecule has 5 nitrogen and oxygen atoms in total. The van der Waals surface area contributed by atoms with Crippen molar-refractivity contribution in [2.45, 2.75) is 33.1 Å². The van der Waals surface area contributed by atoms with Crippen LogP contribution < -0.4 is 5.32 Å². The molecule has 108 valence electrons. The average Bonchev–Trinajstić information content (AvgIpc) is 2.80. The summed E-state index contributed by atoms with van der Waals surface area (Å²) in [7, 11) is 0. The molecule has 1 saturated heterocycles. The summed E-state index contributed by atoms with van der Waals surface area (Å²) < 4.78 is 0. The fourth-order valence-corrected chi connectivity index (χ4v) is 3.57. The third-order valence-corrected chi connectivity index (χ3v) is 4.43. The number of imide groups is 1. The van der Waals surface area contributed by atoms with Crippen LogP contribution in [0.25, 0.3) is 0 Å². The smallest absolute Gasteiger partial charge is 0.264 e. The van der Waals surface area contributed by atoms with Crippen LogP contribution in [0.1, 0.15) is 40.4 Å². The highest BCUT2D eigenvalue weighted by atomic mass is 32.1. The fourth-order valence-electron chi connectivity index (χ4n) is 2.25. The Hall–Kier alpha value is -1.69. The predicted molar refractivity (Wildman–Crippen MR) is 76.7 cm³/mol. The zero-order chi connectivity index (χ0) is 14.7. The van der Waals surface area contributed by atoms with E-state index < -0.39 is 11.8 Å². The molecule has 0 aliphatic carbocycles. The van der Waals surface area contributed by atoms with Gasteiger partial charge in [0, 0.05) is 4.88 Å². The van der Waals surface area contributed by atoms with Gasteiger partial charge >= 0.3 is 0 Å². The van der Waals surface area contributed by atoms with Crippen molar-refractivity contribution in [2.24, 2.45) is 0 Å². The van der Waals surface area contributed by atoms with E-state index in [1.165, 1.54) is 26.7 Å². The lowest BCUT2D eigenvalue weighted by Gasteiger charge is -2.24. The number of carbonyl (C=O) groups is 3. The first-order chi connectivity index (χ1) is 9.55. The minimum absolute atomic E-state index is 0.0486. The first-order valence-electron chi connectivity index (χ1n) is 6.78. The van der Waals surface area contributed by atoms with Gasteiger partial charge in [-0.05, 0) is 24.5 Å². The van der Waals surface area contributed by atoms with Crippen LogP contribution >= 0.6 is 11.3 Å². The zero-order valence-electron chi connectivity index (χ0n) is 11.7. The molecule has 0 atom stereocenters. The molecule has 1 aromatic rings. The summed E-state index contributed by atoms with van der Waals surface area (Å²) in [6, 6.07) is 1.90. The second-order valence-electron chi connectivity index (χ2n) is 4.80. The molecule has 20 heavy (non-hydrogen) atoms. The van der Waals surface area contributed by atoms with Crippen molar-refractivity contribution in [3.63, 3.8) is 0 Å². The lowest BCUT2D eigenvalue weighted by molar-refractivity contribution is -0.135. The second kappa shape index (κ2) is 6.17. The maximum absolute atomic E-state index is 12.4. The van der Waals surface area contributed by atoms with E-state index >= 15 is 0 Å². The fraction of sp³-hybridized carbons (Fsp3) is 0.500. The molecule has 0 aromatic carbocycles. The van der Waals surface area contributed by atoms with Gasteiger partial charge < -0.3 is 4.90 Å². The van der Waals surface area contributed by atoms with Crippen molar-refractivity contribution in [2.75, 3.05) is 13.1 Å². The van der Waals surface area contributed by atoms with Gasteiger partial charge in [-0.3, -0.25) is 19.7 Å². The van der Waals surface area contributed by atoms with Crippen LogP contribution in [-0.2, 0) is 22.4 Å². The summed E-state index contributed by atoms with van der Waals surface area (Å²) in [4.78, 5) is 38.2. The van der Waals surface area contributed by atoms with E-state index in [2.05, 4.69) is 19.2 Å². The normalized spacial score (nSPS) is 15.4. The van der Waals surface area contributed by atoms with E-state index in [0.29, 0.717) is 4.88 Å². The van der Waals surface area contributed by atoms with Crippen molar-refractivity contribution in [3.8, 4) is 0 Å². The van der Waals surface area contributed by atoms with Crippen LogP contribution in [-0.4, -0.2) is 35.7 Å². The number of nitrogens with zero attached hydrogens (tertiary/aromatic N) is 1. The molecule has 2 rings (SSSR count). The second-order valence-corrected chi connectivity index (χ2v) is 5.93. The Morgan fingerprint density at radius 2 is 1.95 bits per heavy atom. The van der Waals surface area contributed by atoms with Crippen molar-refractivity contribution in [1.82, 2.24) is 10.2 Å². The third kappa shape index (κ3) is 3.07. The summed E-state index contributed by atoms with van der Waals surface area (Å²) in [6.07, 6.45) is 2.88. The molecule has 1 aromatic heterocycles. The van der Waals surface area contributed by atoms with E-state index in [1.54, 1.807) is 0 Å². The molecule has 0 bridgehead atoms. The van der Waals surface area contributed by atoms with Crippen LogP contribution in [0.15, 0.2) is 6.07 Å². The van der Waals surface area contributed by atoms with E-state index in [4.69, 9.17) is 0 Å². The summed E-state index contributed by atoms with van der Waals surface area (Å²) in [5.41, 5.74) is 1.19. The van der Waals surface area contributed by atoms with Gasteiger partial charge in [-0.15, -0.1) is 11.3 Å². The minimum atomic E-state index is -0.421. The molecule has 0 radical (unpaired) electrons. The van der Waals surface area contributed by atoms with Gasteiger partial charge in [0.2, 0.25) is 11.8 Å². The Morgan fingerprint density at radius 3 is 2.50 bits per heavy atom. The van der Waals surface area contributed by atoms with Gasteiger partial charge in [-0.2, -0.15) is 0 Å². The number of nitrogens with one attached hydrogen (secondary N) is 1. The number of piperazine rings is 1. The average molecular weight is 294 g/mol. The summed E-state index contributed by atoms with van der Waals surface area (Å²) >= 11 is 1.48. The molecule has 0 unspecified atom stereocenters. The molecule has 0 saturated carbocycles. The molecule has 0 spiro atoms. The lowest BCUT2D eigenvalue weighted by atomic mass is 10.1. The highest BCUT2D eigenvalue weighted by molar-refractivity contribution is 7.14. The minimum Gasteiger partial charge on any atom is -0.319 e. The number of aryl methyl sites for hydroxylation is 2. The Labute approximate surface area is 122 Å². The zero-order valence-corrected chi connectivity index (χ0v) is 12.5. The molecule has 1 aliphatic rings. The van der Waals surface area contributed by atoms with Crippen molar-refractivity contribution in [1.29, 1.82) is 0 Å². The first kappa shape index (κ1) is 14.7. The predicted octanol–water partition coefficient (Wildman–Crippen LogP) is 1.36. The highest BCUT2D eigenvalue weighted by Gasteiger charge is 2.28. The quantitative estimate of drug-likeness (QED) is 0.853. The molecule has 1 fully saturated rings. The number of rotatable bonds is 4. The van der Waals surface area contributed by atoms with Crippen molar-refractivity contribution < 1.29 is 14.4 Å². The van der Waals surface area contributed by atoms with Crippen LogP contribution in [0.4, 0.5) is 0 Å². The Kier molecular flexibility index (Phi) is 4.54. The van der Waals surface area contributed by atoms with Gasteiger partial charge in [0.1, 0.15) is 13.1 Å².